The number of hydrogen-bond acceptors (Lipinski definition) is 3. The molecule has 0 saturated heterocycles. The molecule has 0 aliphatic rings. The Balaban J connectivity index is 3.93. The zero-order chi connectivity index (χ0) is 10.3. The molecule has 0 aliphatic heterocycles. The molecule has 1 amide bonds. The van der Waals surface area contributed by atoms with Crippen LogP contribution in [0.25, 0.3) is 0 Å². The quantitative estimate of drug-likeness (QED) is 0.546. The number of amides is 1. The number of carboxylic acid groups (broad SMARTS) is 1. The number of aliphatic carboxylic acids is 1. The van der Waals surface area contributed by atoms with Crippen molar-refractivity contribution in [1.29, 1.82) is 0 Å². The molecule has 0 aromatic heterocycles. The van der Waals surface area contributed by atoms with Crippen LogP contribution in [0.2, 0.25) is 0 Å². The van der Waals surface area contributed by atoms with E-state index in [2.05, 4.69) is 5.32 Å². The van der Waals surface area contributed by atoms with Gasteiger partial charge in [-0.05, 0) is 12.3 Å². The Morgan fingerprint density at radius 3 is 2.69 bits per heavy atom. The van der Waals surface area contributed by atoms with E-state index >= 15 is 0 Å². The van der Waals surface area contributed by atoms with Crippen LogP contribution >= 0.6 is 0 Å². The predicted molar refractivity (Wildman–Crippen MR) is 46.3 cm³/mol. The summed E-state index contributed by atoms with van der Waals surface area (Å²) in [6.45, 7) is 2.36. The first-order chi connectivity index (χ1) is 6.11. The summed E-state index contributed by atoms with van der Waals surface area (Å²) in [6, 6.07) is -0.817. The van der Waals surface area contributed by atoms with Gasteiger partial charge in [-0.1, -0.05) is 6.92 Å². The molecule has 0 heterocycles. The van der Waals surface area contributed by atoms with Gasteiger partial charge in [-0.25, -0.2) is 4.79 Å². The van der Waals surface area contributed by atoms with Crippen LogP contribution in [0.3, 0.4) is 0 Å². The molecule has 0 fully saturated rings. The third kappa shape index (κ3) is 5.19. The van der Waals surface area contributed by atoms with Crippen LogP contribution in [0.1, 0.15) is 13.3 Å². The summed E-state index contributed by atoms with van der Waals surface area (Å²) in [5.74, 6) is -0.909. The van der Waals surface area contributed by atoms with Gasteiger partial charge in [-0.15, -0.1) is 0 Å². The summed E-state index contributed by atoms with van der Waals surface area (Å²) >= 11 is 0. The Kier molecular flexibility index (Phi) is 5.88. The number of rotatable bonds is 7. The number of carboxylic acids is 1. The van der Waals surface area contributed by atoms with Gasteiger partial charge >= 0.3 is 5.97 Å². The van der Waals surface area contributed by atoms with Crippen molar-refractivity contribution in [3.63, 3.8) is 0 Å². The summed E-state index contributed by atoms with van der Waals surface area (Å²) < 4.78 is 4.85. The first kappa shape index (κ1) is 11.9. The molecule has 5 heteroatoms. The van der Waals surface area contributed by atoms with Crippen LogP contribution in [0.15, 0.2) is 0 Å². The molecule has 13 heavy (non-hydrogen) atoms. The van der Waals surface area contributed by atoms with Crippen molar-refractivity contribution in [2.75, 3.05) is 13.7 Å². The Morgan fingerprint density at radius 2 is 2.31 bits per heavy atom. The molecule has 5 nitrogen and oxygen atoms in total. The van der Waals surface area contributed by atoms with Crippen molar-refractivity contribution in [3.8, 4) is 0 Å². The van der Waals surface area contributed by atoms with Gasteiger partial charge in [-0.2, -0.15) is 0 Å². The Bertz CT molecular complexity index is 172. The van der Waals surface area contributed by atoms with E-state index in [9.17, 15) is 9.59 Å². The van der Waals surface area contributed by atoms with Gasteiger partial charge in [0.15, 0.2) is 0 Å². The number of nitrogens with one attached hydrogen (secondary N) is 1. The van der Waals surface area contributed by atoms with E-state index in [1.165, 1.54) is 0 Å². The number of carbonyl (C=O) groups excluding carboxylic acids is 1. The van der Waals surface area contributed by atoms with Gasteiger partial charge in [0.2, 0.25) is 6.41 Å². The Morgan fingerprint density at radius 1 is 1.69 bits per heavy atom. The van der Waals surface area contributed by atoms with Gasteiger partial charge in [-0.3, -0.25) is 4.79 Å². The monoisotopic (exact) mass is 189 g/mol. The highest BCUT2D eigenvalue weighted by molar-refractivity contribution is 5.76. The first-order valence-electron chi connectivity index (χ1n) is 4.03. The van der Waals surface area contributed by atoms with Crippen molar-refractivity contribution < 1.29 is 19.4 Å². The lowest BCUT2D eigenvalue weighted by Crippen LogP contribution is -2.37. The summed E-state index contributed by atoms with van der Waals surface area (Å²) in [4.78, 5) is 20.6. The third-order valence-electron chi connectivity index (χ3n) is 1.66. The van der Waals surface area contributed by atoms with Crippen molar-refractivity contribution in [2.45, 2.75) is 19.4 Å². The lowest BCUT2D eigenvalue weighted by molar-refractivity contribution is -0.141. The maximum Gasteiger partial charge on any atom is 0.326 e. The van der Waals surface area contributed by atoms with E-state index in [0.717, 1.165) is 0 Å². The number of hydrogen-bond donors (Lipinski definition) is 2. The van der Waals surface area contributed by atoms with E-state index < -0.39 is 12.0 Å². The fourth-order valence-corrected chi connectivity index (χ4v) is 1.08. The van der Waals surface area contributed by atoms with Crippen LogP contribution in [-0.4, -0.2) is 37.2 Å². The molecule has 0 radical (unpaired) electrons. The van der Waals surface area contributed by atoms with Crippen LogP contribution < -0.4 is 5.32 Å². The fraction of sp³-hybridized carbons (Fsp3) is 0.750. The molecular formula is C8H15NO4. The van der Waals surface area contributed by atoms with Crippen LogP contribution in [0.4, 0.5) is 0 Å². The SMILES string of the molecule is COCC(C)CC(NC=O)C(=O)O. The second kappa shape index (κ2) is 6.42. The predicted octanol–water partition coefficient (Wildman–Crippen LogP) is -0.142. The van der Waals surface area contributed by atoms with E-state index in [-0.39, 0.29) is 5.92 Å². The average molecular weight is 189 g/mol. The highest BCUT2D eigenvalue weighted by Crippen LogP contribution is 2.06. The third-order valence-corrected chi connectivity index (χ3v) is 1.66. The van der Waals surface area contributed by atoms with Gasteiger partial charge in [0.1, 0.15) is 6.04 Å². The van der Waals surface area contributed by atoms with Crippen LogP contribution in [0, 0.1) is 5.92 Å². The summed E-state index contributed by atoms with van der Waals surface area (Å²) in [7, 11) is 1.55. The zero-order valence-electron chi connectivity index (χ0n) is 7.82. The largest absolute Gasteiger partial charge is 0.480 e. The molecule has 76 valence electrons. The first-order valence-corrected chi connectivity index (χ1v) is 4.03. The lowest BCUT2D eigenvalue weighted by Gasteiger charge is -2.15. The smallest absolute Gasteiger partial charge is 0.326 e. The minimum Gasteiger partial charge on any atom is -0.480 e. The number of ether oxygens (including phenoxy) is 1. The zero-order valence-corrected chi connectivity index (χ0v) is 7.82. The summed E-state index contributed by atoms with van der Waals surface area (Å²) in [5, 5.41) is 10.9. The summed E-state index contributed by atoms with van der Waals surface area (Å²) in [5.41, 5.74) is 0. The molecule has 2 unspecified atom stereocenters. The van der Waals surface area contributed by atoms with Gasteiger partial charge in [0.25, 0.3) is 0 Å². The lowest BCUT2D eigenvalue weighted by atomic mass is 10.0. The van der Waals surface area contributed by atoms with Crippen molar-refractivity contribution in [1.82, 2.24) is 5.32 Å². The minimum absolute atomic E-state index is 0.110. The maximum atomic E-state index is 10.6. The Hall–Kier alpha value is -1.10. The fourth-order valence-electron chi connectivity index (χ4n) is 1.08. The molecular weight excluding hydrogens is 174 g/mol. The molecule has 0 aromatic rings. The minimum atomic E-state index is -1.02. The highest BCUT2D eigenvalue weighted by atomic mass is 16.5. The van der Waals surface area contributed by atoms with E-state index in [0.29, 0.717) is 19.4 Å². The molecule has 0 spiro atoms. The van der Waals surface area contributed by atoms with Crippen molar-refractivity contribution in [3.05, 3.63) is 0 Å². The molecule has 0 aliphatic carbocycles. The van der Waals surface area contributed by atoms with E-state index in [4.69, 9.17) is 9.84 Å². The second-order valence-electron chi connectivity index (χ2n) is 2.97. The van der Waals surface area contributed by atoms with Crippen LogP contribution in [-0.2, 0) is 14.3 Å². The molecule has 0 aromatic carbocycles. The van der Waals surface area contributed by atoms with E-state index in [1.54, 1.807) is 7.11 Å². The Labute approximate surface area is 77.1 Å². The van der Waals surface area contributed by atoms with Crippen molar-refractivity contribution in [2.24, 2.45) is 5.92 Å². The van der Waals surface area contributed by atoms with Gasteiger partial charge < -0.3 is 15.2 Å². The molecule has 2 N–H and O–H groups in total. The standard InChI is InChI=1S/C8H15NO4/c1-6(4-13-2)3-7(8(11)12)9-5-10/h5-7H,3-4H2,1-2H3,(H,9,10)(H,11,12). The van der Waals surface area contributed by atoms with Gasteiger partial charge in [0.05, 0.1) is 0 Å². The normalized spacial score (nSPS) is 14.6. The van der Waals surface area contributed by atoms with Crippen LogP contribution in [0.5, 0.6) is 0 Å². The summed E-state index contributed by atoms with van der Waals surface area (Å²) in [6.07, 6.45) is 0.778. The highest BCUT2D eigenvalue weighted by Gasteiger charge is 2.19. The number of methoxy groups -OCH3 is 1. The number of carbonyl (C=O) groups is 2. The van der Waals surface area contributed by atoms with Gasteiger partial charge in [0, 0.05) is 13.7 Å². The second-order valence-corrected chi connectivity index (χ2v) is 2.97. The molecule has 0 rings (SSSR count). The maximum absolute atomic E-state index is 10.6. The topological polar surface area (TPSA) is 75.6 Å². The van der Waals surface area contributed by atoms with Crippen molar-refractivity contribution >= 4 is 12.4 Å². The van der Waals surface area contributed by atoms with E-state index in [1.807, 2.05) is 6.92 Å². The molecule has 2 atom stereocenters. The average Bonchev–Trinajstić information content (AvgIpc) is 2.04. The molecule has 0 saturated carbocycles. The molecule has 0 bridgehead atoms.